The van der Waals surface area contributed by atoms with E-state index in [9.17, 15) is 9.90 Å². The zero-order valence-corrected chi connectivity index (χ0v) is 14.8. The molecule has 1 N–H and O–H groups in total. The van der Waals surface area contributed by atoms with Crippen LogP contribution in [0.5, 0.6) is 11.5 Å². The number of ether oxygens (including phenoxy) is 2. The molecule has 25 heavy (non-hydrogen) atoms. The normalized spacial score (nSPS) is 19.2. The number of nitrogens with zero attached hydrogens (tertiary/aromatic N) is 1. The van der Waals surface area contributed by atoms with Gasteiger partial charge in [-0.1, -0.05) is 0 Å². The third kappa shape index (κ3) is 3.08. The van der Waals surface area contributed by atoms with Gasteiger partial charge in [-0.25, -0.2) is 0 Å². The van der Waals surface area contributed by atoms with E-state index in [0.29, 0.717) is 42.4 Å². The van der Waals surface area contributed by atoms with Crippen LogP contribution >= 0.6 is 11.3 Å². The summed E-state index contributed by atoms with van der Waals surface area (Å²) in [5, 5.41) is 12.3. The summed E-state index contributed by atoms with van der Waals surface area (Å²) in [6.45, 7) is 5.50. The van der Waals surface area contributed by atoms with Crippen molar-refractivity contribution < 1.29 is 19.4 Å². The van der Waals surface area contributed by atoms with Crippen LogP contribution in [0, 0.1) is 6.92 Å². The Morgan fingerprint density at radius 3 is 2.80 bits per heavy atom. The molecule has 1 saturated heterocycles. The number of carbonyl (C=O) groups excluding carboxylic acids is 1. The molecule has 2 aliphatic heterocycles. The molecule has 2 aliphatic rings. The highest BCUT2D eigenvalue weighted by Gasteiger charge is 2.32. The van der Waals surface area contributed by atoms with Gasteiger partial charge in [-0.05, 0) is 36.1 Å². The monoisotopic (exact) mass is 357 g/mol. The summed E-state index contributed by atoms with van der Waals surface area (Å²) < 4.78 is 11.3. The van der Waals surface area contributed by atoms with E-state index in [4.69, 9.17) is 9.47 Å². The van der Waals surface area contributed by atoms with E-state index < -0.39 is 0 Å². The quantitative estimate of drug-likeness (QED) is 0.855. The number of carbonyl (C=O) groups is 1. The number of phenolic OH excluding ortho intramolecular Hbond substituents is 1. The summed E-state index contributed by atoms with van der Waals surface area (Å²) in [5.41, 5.74) is 2.29. The van der Waals surface area contributed by atoms with E-state index in [2.05, 4.69) is 4.90 Å². The first-order valence-electron chi connectivity index (χ1n) is 8.27. The van der Waals surface area contributed by atoms with Gasteiger partial charge < -0.3 is 14.6 Å². The standard InChI is InChI=1S/C19H19NO4S/c1-12-4-9-25-17(12)10-16-18(22)13-2-3-15(21)14(19(13)24-16)11-20-5-7-23-8-6-20/h2-4,9-10,21H,5-8,11H2,1H3. The number of rotatable bonds is 3. The van der Waals surface area contributed by atoms with Gasteiger partial charge >= 0.3 is 0 Å². The Labute approximate surface area is 150 Å². The van der Waals surface area contributed by atoms with Gasteiger partial charge in [0.1, 0.15) is 11.5 Å². The van der Waals surface area contributed by atoms with Crippen LogP contribution in [-0.2, 0) is 11.3 Å². The highest BCUT2D eigenvalue weighted by molar-refractivity contribution is 7.11. The minimum Gasteiger partial charge on any atom is -0.507 e. The lowest BCUT2D eigenvalue weighted by molar-refractivity contribution is 0.0336. The first-order valence-corrected chi connectivity index (χ1v) is 9.15. The van der Waals surface area contributed by atoms with Crippen LogP contribution < -0.4 is 4.74 Å². The molecule has 0 aliphatic carbocycles. The molecule has 0 bridgehead atoms. The van der Waals surface area contributed by atoms with Crippen LogP contribution in [-0.4, -0.2) is 42.1 Å². The fourth-order valence-electron chi connectivity index (χ4n) is 3.08. The van der Waals surface area contributed by atoms with Crippen LogP contribution in [0.15, 0.2) is 29.3 Å². The number of aryl methyl sites for hydroxylation is 1. The van der Waals surface area contributed by atoms with E-state index in [0.717, 1.165) is 23.5 Å². The third-order valence-electron chi connectivity index (χ3n) is 4.57. The van der Waals surface area contributed by atoms with E-state index in [1.807, 2.05) is 18.4 Å². The summed E-state index contributed by atoms with van der Waals surface area (Å²) in [5.74, 6) is 0.823. The van der Waals surface area contributed by atoms with Gasteiger partial charge in [0.2, 0.25) is 5.78 Å². The smallest absolute Gasteiger partial charge is 0.232 e. The molecular formula is C19H19NO4S. The predicted molar refractivity (Wildman–Crippen MR) is 96.2 cm³/mol. The van der Waals surface area contributed by atoms with Crippen molar-refractivity contribution >= 4 is 23.2 Å². The first kappa shape index (κ1) is 16.3. The van der Waals surface area contributed by atoms with Gasteiger partial charge in [0.15, 0.2) is 5.76 Å². The molecule has 5 nitrogen and oxygen atoms in total. The van der Waals surface area contributed by atoms with Crippen molar-refractivity contribution in [2.75, 3.05) is 26.3 Å². The van der Waals surface area contributed by atoms with Crippen molar-refractivity contribution in [3.8, 4) is 11.5 Å². The summed E-state index contributed by atoms with van der Waals surface area (Å²) in [7, 11) is 0. The maximum atomic E-state index is 12.7. The molecule has 1 aromatic carbocycles. The molecule has 0 spiro atoms. The largest absolute Gasteiger partial charge is 0.507 e. The zero-order chi connectivity index (χ0) is 17.4. The molecule has 0 unspecified atom stereocenters. The van der Waals surface area contributed by atoms with E-state index in [1.165, 1.54) is 0 Å². The zero-order valence-electron chi connectivity index (χ0n) is 13.9. The van der Waals surface area contributed by atoms with Crippen molar-refractivity contribution in [3.05, 3.63) is 50.9 Å². The van der Waals surface area contributed by atoms with Crippen LogP contribution in [0.3, 0.4) is 0 Å². The van der Waals surface area contributed by atoms with Gasteiger partial charge in [0.05, 0.1) is 24.3 Å². The number of ketones is 1. The molecule has 1 fully saturated rings. The average molecular weight is 357 g/mol. The Morgan fingerprint density at radius 2 is 2.08 bits per heavy atom. The number of benzene rings is 1. The summed E-state index contributed by atoms with van der Waals surface area (Å²) in [6.07, 6.45) is 1.79. The molecule has 0 saturated carbocycles. The van der Waals surface area contributed by atoms with Gasteiger partial charge in [-0.15, -0.1) is 11.3 Å². The number of aromatic hydroxyl groups is 1. The lowest BCUT2D eigenvalue weighted by Crippen LogP contribution is -2.35. The van der Waals surface area contributed by atoms with E-state index in [1.54, 1.807) is 29.5 Å². The van der Waals surface area contributed by atoms with Crippen LogP contribution in [0.25, 0.3) is 6.08 Å². The van der Waals surface area contributed by atoms with Gasteiger partial charge in [-0.2, -0.15) is 0 Å². The summed E-state index contributed by atoms with van der Waals surface area (Å²) >= 11 is 1.57. The molecule has 4 rings (SSSR count). The minimum absolute atomic E-state index is 0.133. The molecule has 3 heterocycles. The maximum absolute atomic E-state index is 12.7. The number of phenols is 1. The van der Waals surface area contributed by atoms with Gasteiger partial charge in [-0.3, -0.25) is 9.69 Å². The van der Waals surface area contributed by atoms with Crippen LogP contribution in [0.4, 0.5) is 0 Å². The predicted octanol–water partition coefficient (Wildman–Crippen LogP) is 3.21. The third-order valence-corrected chi connectivity index (χ3v) is 5.53. The second kappa shape index (κ2) is 6.63. The maximum Gasteiger partial charge on any atom is 0.232 e. The van der Waals surface area contributed by atoms with Gasteiger partial charge in [0, 0.05) is 30.6 Å². The second-order valence-electron chi connectivity index (χ2n) is 6.24. The van der Waals surface area contributed by atoms with Gasteiger partial charge in [0.25, 0.3) is 0 Å². The Morgan fingerprint density at radius 1 is 1.28 bits per heavy atom. The average Bonchev–Trinajstić information content (AvgIpc) is 3.16. The fourth-order valence-corrected chi connectivity index (χ4v) is 3.93. The van der Waals surface area contributed by atoms with E-state index in [-0.39, 0.29) is 11.5 Å². The summed E-state index contributed by atoms with van der Waals surface area (Å²) in [6, 6.07) is 5.23. The number of hydrogen-bond acceptors (Lipinski definition) is 6. The van der Waals surface area contributed by atoms with Crippen molar-refractivity contribution in [1.82, 2.24) is 4.90 Å². The topological polar surface area (TPSA) is 59.0 Å². The fraction of sp³-hybridized carbons (Fsp3) is 0.316. The molecular weight excluding hydrogens is 338 g/mol. The highest BCUT2D eigenvalue weighted by atomic mass is 32.1. The molecule has 0 atom stereocenters. The lowest BCUT2D eigenvalue weighted by atomic mass is 10.0. The van der Waals surface area contributed by atoms with Crippen LogP contribution in [0.2, 0.25) is 0 Å². The second-order valence-corrected chi connectivity index (χ2v) is 7.18. The SMILES string of the molecule is Cc1ccsc1C=C1Oc2c(ccc(O)c2CN2CCOCC2)C1=O. The lowest BCUT2D eigenvalue weighted by Gasteiger charge is -2.27. The van der Waals surface area contributed by atoms with Crippen molar-refractivity contribution in [2.45, 2.75) is 13.5 Å². The van der Waals surface area contributed by atoms with Crippen molar-refractivity contribution in [2.24, 2.45) is 0 Å². The number of allylic oxidation sites excluding steroid dienone is 1. The minimum atomic E-state index is -0.133. The number of morpholine rings is 1. The van der Waals surface area contributed by atoms with Crippen molar-refractivity contribution in [3.63, 3.8) is 0 Å². The number of hydrogen-bond donors (Lipinski definition) is 1. The Kier molecular flexibility index (Phi) is 4.33. The molecule has 0 radical (unpaired) electrons. The highest BCUT2D eigenvalue weighted by Crippen LogP contribution is 2.40. The Hall–Kier alpha value is -2.15. The number of Topliss-reactive ketones (excluding diaryl/α,β-unsaturated/α-hetero) is 1. The number of fused-ring (bicyclic) bond motifs is 1. The molecule has 0 amide bonds. The van der Waals surface area contributed by atoms with E-state index >= 15 is 0 Å². The molecule has 2 aromatic rings. The molecule has 6 heteroatoms. The van der Waals surface area contributed by atoms with Crippen LogP contribution in [0.1, 0.15) is 26.4 Å². The number of thiophene rings is 1. The summed E-state index contributed by atoms with van der Waals surface area (Å²) in [4.78, 5) is 15.9. The Bertz CT molecular complexity index is 849. The Balaban J connectivity index is 1.67. The molecule has 130 valence electrons. The first-order chi connectivity index (χ1) is 12.1. The molecule has 1 aromatic heterocycles. The van der Waals surface area contributed by atoms with Crippen molar-refractivity contribution in [1.29, 1.82) is 0 Å².